The topological polar surface area (TPSA) is 48.1 Å². The zero-order valence-electron chi connectivity index (χ0n) is 9.08. The average molecular weight is 314 g/mol. The zero-order valence-corrected chi connectivity index (χ0v) is 11.4. The molecule has 0 aliphatic carbocycles. The standard InChI is InChI=1S/C12H10BrClN2O/c1-17-9-4-2-3-8(13)10(9)7-5-6-16-12(14)11(7)15/h2-6H,15H2,1H3. The van der Waals surface area contributed by atoms with Gasteiger partial charge in [0.15, 0.2) is 5.15 Å². The fourth-order valence-corrected chi connectivity index (χ4v) is 2.32. The Labute approximate surface area is 113 Å². The number of hydrogen-bond acceptors (Lipinski definition) is 3. The number of benzene rings is 1. The van der Waals surface area contributed by atoms with E-state index in [0.717, 1.165) is 21.3 Å². The molecule has 0 unspecified atom stereocenters. The van der Waals surface area contributed by atoms with Crippen molar-refractivity contribution >= 4 is 33.2 Å². The van der Waals surface area contributed by atoms with Crippen LogP contribution < -0.4 is 10.5 Å². The highest BCUT2D eigenvalue weighted by atomic mass is 79.9. The van der Waals surface area contributed by atoms with E-state index in [1.165, 1.54) is 0 Å². The van der Waals surface area contributed by atoms with Crippen LogP contribution >= 0.6 is 27.5 Å². The van der Waals surface area contributed by atoms with Crippen molar-refractivity contribution in [2.75, 3.05) is 12.8 Å². The largest absolute Gasteiger partial charge is 0.496 e. The van der Waals surface area contributed by atoms with Crippen LogP contribution in [0.25, 0.3) is 11.1 Å². The van der Waals surface area contributed by atoms with Gasteiger partial charge in [0.1, 0.15) is 5.75 Å². The first kappa shape index (κ1) is 12.2. The molecular weight excluding hydrogens is 304 g/mol. The van der Waals surface area contributed by atoms with Gasteiger partial charge in [-0.15, -0.1) is 0 Å². The predicted octanol–water partition coefficient (Wildman–Crippen LogP) is 3.76. The third-order valence-corrected chi connectivity index (χ3v) is 3.37. The van der Waals surface area contributed by atoms with Crippen molar-refractivity contribution in [2.45, 2.75) is 0 Å². The Morgan fingerprint density at radius 1 is 1.35 bits per heavy atom. The van der Waals surface area contributed by atoms with E-state index in [0.29, 0.717) is 10.8 Å². The molecule has 88 valence electrons. The van der Waals surface area contributed by atoms with E-state index in [1.807, 2.05) is 24.3 Å². The van der Waals surface area contributed by atoms with Crippen LogP contribution in [0.3, 0.4) is 0 Å². The number of nitrogens with two attached hydrogens (primary N) is 1. The predicted molar refractivity (Wildman–Crippen MR) is 73.3 cm³/mol. The van der Waals surface area contributed by atoms with Crippen LogP contribution in [0.5, 0.6) is 5.75 Å². The fourth-order valence-electron chi connectivity index (χ4n) is 1.60. The molecular formula is C12H10BrClN2O. The SMILES string of the molecule is COc1cccc(Br)c1-c1ccnc(Cl)c1N. The van der Waals surface area contributed by atoms with E-state index in [-0.39, 0.29) is 0 Å². The lowest BCUT2D eigenvalue weighted by molar-refractivity contribution is 0.416. The van der Waals surface area contributed by atoms with Crippen molar-refractivity contribution < 1.29 is 4.74 Å². The van der Waals surface area contributed by atoms with Crippen molar-refractivity contribution in [2.24, 2.45) is 0 Å². The smallest absolute Gasteiger partial charge is 0.152 e. The zero-order chi connectivity index (χ0) is 12.4. The van der Waals surface area contributed by atoms with Crippen molar-refractivity contribution in [1.29, 1.82) is 0 Å². The Kier molecular flexibility index (Phi) is 3.54. The minimum absolute atomic E-state index is 0.292. The molecule has 0 amide bonds. The van der Waals surface area contributed by atoms with Crippen LogP contribution in [0, 0.1) is 0 Å². The molecule has 2 N–H and O–H groups in total. The molecule has 2 aromatic rings. The molecule has 0 saturated carbocycles. The fraction of sp³-hybridized carbons (Fsp3) is 0.0833. The highest BCUT2D eigenvalue weighted by molar-refractivity contribution is 9.10. The summed E-state index contributed by atoms with van der Waals surface area (Å²) < 4.78 is 6.22. The average Bonchev–Trinajstić information content (AvgIpc) is 2.33. The van der Waals surface area contributed by atoms with Gasteiger partial charge in [-0.05, 0) is 18.2 Å². The van der Waals surface area contributed by atoms with Gasteiger partial charge in [0, 0.05) is 21.8 Å². The highest BCUT2D eigenvalue weighted by Crippen LogP contribution is 2.40. The Balaban J connectivity index is 2.72. The number of nitrogen functional groups attached to an aromatic ring is 1. The van der Waals surface area contributed by atoms with Gasteiger partial charge in [0.25, 0.3) is 0 Å². The molecule has 0 atom stereocenters. The van der Waals surface area contributed by atoms with Gasteiger partial charge in [0.05, 0.1) is 12.8 Å². The maximum atomic E-state index is 5.94. The number of aromatic nitrogens is 1. The molecule has 17 heavy (non-hydrogen) atoms. The maximum Gasteiger partial charge on any atom is 0.152 e. The lowest BCUT2D eigenvalue weighted by atomic mass is 10.0. The number of halogens is 2. The number of pyridine rings is 1. The minimum Gasteiger partial charge on any atom is -0.496 e. The second kappa shape index (κ2) is 4.94. The number of methoxy groups -OCH3 is 1. The molecule has 0 radical (unpaired) electrons. The van der Waals surface area contributed by atoms with E-state index in [9.17, 15) is 0 Å². The molecule has 5 heteroatoms. The molecule has 0 bridgehead atoms. The Morgan fingerprint density at radius 3 is 2.82 bits per heavy atom. The van der Waals surface area contributed by atoms with Gasteiger partial charge in [-0.3, -0.25) is 0 Å². The van der Waals surface area contributed by atoms with Gasteiger partial charge >= 0.3 is 0 Å². The first-order valence-corrected chi connectivity index (χ1v) is 6.05. The number of rotatable bonds is 2. The summed E-state index contributed by atoms with van der Waals surface area (Å²) in [5.74, 6) is 0.730. The minimum atomic E-state index is 0.292. The number of anilines is 1. The van der Waals surface area contributed by atoms with E-state index in [4.69, 9.17) is 22.1 Å². The first-order chi connectivity index (χ1) is 8.15. The normalized spacial score (nSPS) is 10.3. The molecule has 0 spiro atoms. The van der Waals surface area contributed by atoms with Gasteiger partial charge < -0.3 is 10.5 Å². The highest BCUT2D eigenvalue weighted by Gasteiger charge is 2.14. The van der Waals surface area contributed by atoms with Crippen LogP contribution in [-0.4, -0.2) is 12.1 Å². The second-order valence-electron chi connectivity index (χ2n) is 3.38. The van der Waals surface area contributed by atoms with Gasteiger partial charge in [0.2, 0.25) is 0 Å². The molecule has 0 fully saturated rings. The lowest BCUT2D eigenvalue weighted by Gasteiger charge is -2.12. The summed E-state index contributed by atoms with van der Waals surface area (Å²) >= 11 is 9.40. The number of hydrogen-bond donors (Lipinski definition) is 1. The van der Waals surface area contributed by atoms with Gasteiger partial charge in [-0.1, -0.05) is 33.6 Å². The second-order valence-corrected chi connectivity index (χ2v) is 4.59. The number of ether oxygens (including phenoxy) is 1. The number of nitrogens with zero attached hydrogens (tertiary/aromatic N) is 1. The summed E-state index contributed by atoms with van der Waals surface area (Å²) in [5, 5.41) is 0.292. The Hall–Kier alpha value is -1.26. The first-order valence-electron chi connectivity index (χ1n) is 4.88. The third kappa shape index (κ3) is 2.23. The lowest BCUT2D eigenvalue weighted by Crippen LogP contribution is -1.96. The van der Waals surface area contributed by atoms with Crippen molar-refractivity contribution in [3.63, 3.8) is 0 Å². The summed E-state index contributed by atoms with van der Waals surface area (Å²) in [6.07, 6.45) is 1.62. The van der Waals surface area contributed by atoms with Crippen molar-refractivity contribution in [3.05, 3.63) is 40.1 Å². The maximum absolute atomic E-state index is 5.94. The van der Waals surface area contributed by atoms with Crippen LogP contribution in [0.15, 0.2) is 34.9 Å². The van der Waals surface area contributed by atoms with Crippen molar-refractivity contribution in [3.8, 4) is 16.9 Å². The quantitative estimate of drug-likeness (QED) is 0.859. The van der Waals surface area contributed by atoms with E-state index in [1.54, 1.807) is 13.3 Å². The van der Waals surface area contributed by atoms with Crippen LogP contribution in [0.4, 0.5) is 5.69 Å². The van der Waals surface area contributed by atoms with E-state index < -0.39 is 0 Å². The Bertz CT molecular complexity index is 560. The molecule has 3 nitrogen and oxygen atoms in total. The molecule has 1 aromatic heterocycles. The molecule has 0 aliphatic heterocycles. The summed E-state index contributed by atoms with van der Waals surface area (Å²) in [4.78, 5) is 3.93. The molecule has 1 aromatic carbocycles. The molecule has 0 saturated heterocycles. The molecule has 2 rings (SSSR count). The molecule has 0 aliphatic rings. The summed E-state index contributed by atoms with van der Waals surface area (Å²) in [7, 11) is 1.62. The van der Waals surface area contributed by atoms with E-state index >= 15 is 0 Å². The van der Waals surface area contributed by atoms with Crippen LogP contribution in [0.2, 0.25) is 5.15 Å². The Morgan fingerprint density at radius 2 is 2.12 bits per heavy atom. The van der Waals surface area contributed by atoms with E-state index in [2.05, 4.69) is 20.9 Å². The summed E-state index contributed by atoms with van der Waals surface area (Å²) in [6.45, 7) is 0. The molecule has 1 heterocycles. The monoisotopic (exact) mass is 312 g/mol. The van der Waals surface area contributed by atoms with Crippen molar-refractivity contribution in [1.82, 2.24) is 4.98 Å². The third-order valence-electron chi connectivity index (χ3n) is 2.41. The van der Waals surface area contributed by atoms with Crippen LogP contribution in [0.1, 0.15) is 0 Å². The summed E-state index contributed by atoms with van der Waals surface area (Å²) in [5.41, 5.74) is 8.05. The van der Waals surface area contributed by atoms with Gasteiger partial charge in [-0.2, -0.15) is 0 Å². The van der Waals surface area contributed by atoms with Crippen LogP contribution in [-0.2, 0) is 0 Å². The summed E-state index contributed by atoms with van der Waals surface area (Å²) in [6, 6.07) is 7.49. The van der Waals surface area contributed by atoms with Gasteiger partial charge in [-0.25, -0.2) is 4.98 Å².